The minimum absolute atomic E-state index is 0.201. The second-order valence-corrected chi connectivity index (χ2v) is 8.38. The number of carbonyl (C=O) groups excluding carboxylic acids is 2. The van der Waals surface area contributed by atoms with Crippen molar-refractivity contribution in [1.29, 1.82) is 0 Å². The van der Waals surface area contributed by atoms with E-state index in [2.05, 4.69) is 20.3 Å². The van der Waals surface area contributed by atoms with Crippen LogP contribution in [0.4, 0.5) is 5.69 Å². The third-order valence-corrected chi connectivity index (χ3v) is 6.04. The van der Waals surface area contributed by atoms with E-state index in [4.69, 9.17) is 0 Å². The van der Waals surface area contributed by atoms with Crippen LogP contribution in [-0.2, 0) is 11.2 Å². The van der Waals surface area contributed by atoms with E-state index in [0.717, 1.165) is 42.9 Å². The summed E-state index contributed by atoms with van der Waals surface area (Å²) in [6.07, 6.45) is 7.24. The number of likely N-dealkylation sites (tertiary alicyclic amines) is 1. The van der Waals surface area contributed by atoms with Gasteiger partial charge in [-0.2, -0.15) is 0 Å². The third-order valence-electron chi connectivity index (χ3n) is 6.04. The molecule has 2 amide bonds. The van der Waals surface area contributed by atoms with Crippen molar-refractivity contribution in [3.63, 3.8) is 0 Å². The van der Waals surface area contributed by atoms with Crippen LogP contribution in [0.3, 0.4) is 0 Å². The first-order valence-electron chi connectivity index (χ1n) is 11.5. The summed E-state index contributed by atoms with van der Waals surface area (Å²) in [6, 6.07) is 15.2. The minimum atomic E-state index is -0.212. The number of amides is 2. The van der Waals surface area contributed by atoms with E-state index in [1.165, 1.54) is 0 Å². The van der Waals surface area contributed by atoms with Crippen LogP contribution in [0, 0.1) is 6.92 Å². The number of anilines is 1. The number of para-hydroxylation sites is 1. The number of carbonyl (C=O) groups is 2. The van der Waals surface area contributed by atoms with Gasteiger partial charge in [0.25, 0.3) is 5.91 Å². The second kappa shape index (κ2) is 10.8. The topological polar surface area (TPSA) is 88.1 Å². The molecule has 2 aromatic heterocycles. The van der Waals surface area contributed by atoms with Gasteiger partial charge in [-0.15, -0.1) is 0 Å². The quantitative estimate of drug-likeness (QED) is 0.592. The summed E-state index contributed by atoms with van der Waals surface area (Å²) in [6.45, 7) is 3.27. The van der Waals surface area contributed by atoms with Gasteiger partial charge in [0.05, 0.1) is 11.3 Å². The highest BCUT2D eigenvalue weighted by molar-refractivity contribution is 6.04. The van der Waals surface area contributed by atoms with Gasteiger partial charge in [-0.25, -0.2) is 9.97 Å². The number of hydrogen-bond donors (Lipinski definition) is 1. The van der Waals surface area contributed by atoms with Crippen LogP contribution in [-0.4, -0.2) is 44.8 Å². The van der Waals surface area contributed by atoms with Gasteiger partial charge in [0.15, 0.2) is 0 Å². The van der Waals surface area contributed by atoms with Crippen LogP contribution < -0.4 is 5.32 Å². The molecule has 33 heavy (non-hydrogen) atoms. The number of rotatable bonds is 7. The smallest absolute Gasteiger partial charge is 0.259 e. The van der Waals surface area contributed by atoms with Crippen molar-refractivity contribution in [3.8, 4) is 0 Å². The molecule has 1 aliphatic heterocycles. The molecule has 1 aromatic carbocycles. The van der Waals surface area contributed by atoms with E-state index >= 15 is 0 Å². The van der Waals surface area contributed by atoms with E-state index in [1.54, 1.807) is 12.4 Å². The van der Waals surface area contributed by atoms with Crippen LogP contribution in [0.2, 0.25) is 0 Å². The Labute approximate surface area is 194 Å². The van der Waals surface area contributed by atoms with E-state index in [1.807, 2.05) is 60.4 Å². The Kier molecular flexibility index (Phi) is 7.40. The van der Waals surface area contributed by atoms with E-state index < -0.39 is 0 Å². The molecule has 7 heteroatoms. The average Bonchev–Trinajstić information content (AvgIpc) is 2.85. The number of nitrogens with zero attached hydrogens (tertiary/aromatic N) is 4. The minimum Gasteiger partial charge on any atom is -0.343 e. The summed E-state index contributed by atoms with van der Waals surface area (Å²) in [5.74, 6) is 0.948. The fourth-order valence-electron chi connectivity index (χ4n) is 4.14. The Bertz CT molecular complexity index is 1080. The predicted molar refractivity (Wildman–Crippen MR) is 127 cm³/mol. The molecule has 1 fully saturated rings. The van der Waals surface area contributed by atoms with E-state index in [0.29, 0.717) is 30.8 Å². The number of benzene rings is 1. The molecule has 1 N–H and O–H groups in total. The van der Waals surface area contributed by atoms with Crippen molar-refractivity contribution in [2.75, 3.05) is 18.4 Å². The second-order valence-electron chi connectivity index (χ2n) is 8.38. The lowest BCUT2D eigenvalue weighted by Crippen LogP contribution is -2.38. The van der Waals surface area contributed by atoms with Crippen molar-refractivity contribution in [2.24, 2.45) is 0 Å². The zero-order valence-corrected chi connectivity index (χ0v) is 18.9. The monoisotopic (exact) mass is 443 g/mol. The average molecular weight is 444 g/mol. The Balaban J connectivity index is 1.27. The molecule has 0 unspecified atom stereocenters. The Morgan fingerprint density at radius 2 is 1.79 bits per heavy atom. The van der Waals surface area contributed by atoms with E-state index in [-0.39, 0.29) is 17.7 Å². The fraction of sp³-hybridized carbons (Fsp3) is 0.346. The highest BCUT2D eigenvalue weighted by Crippen LogP contribution is 2.26. The molecule has 3 heterocycles. The van der Waals surface area contributed by atoms with Gasteiger partial charge in [-0.3, -0.25) is 14.6 Å². The van der Waals surface area contributed by atoms with Crippen molar-refractivity contribution < 1.29 is 9.59 Å². The van der Waals surface area contributed by atoms with Crippen LogP contribution in [0.1, 0.15) is 59.2 Å². The number of aromatic nitrogens is 3. The lowest BCUT2D eigenvalue weighted by atomic mass is 9.95. The molecular weight excluding hydrogens is 414 g/mol. The number of hydrogen-bond acceptors (Lipinski definition) is 5. The highest BCUT2D eigenvalue weighted by atomic mass is 16.2. The molecule has 4 rings (SSSR count). The van der Waals surface area contributed by atoms with Crippen LogP contribution in [0.5, 0.6) is 0 Å². The summed E-state index contributed by atoms with van der Waals surface area (Å²) >= 11 is 0. The molecule has 0 spiro atoms. The summed E-state index contributed by atoms with van der Waals surface area (Å²) in [5, 5.41) is 2.88. The van der Waals surface area contributed by atoms with Crippen molar-refractivity contribution >= 4 is 17.5 Å². The van der Waals surface area contributed by atoms with E-state index in [9.17, 15) is 9.59 Å². The Hall–Kier alpha value is -3.61. The SMILES string of the molecule is Cc1nc(C2CCN(C(=O)CCCc3ccccn3)CC2)ncc1C(=O)Nc1ccccc1. The van der Waals surface area contributed by atoms with Gasteiger partial charge in [0.1, 0.15) is 5.82 Å². The van der Waals surface area contributed by atoms with Gasteiger partial charge in [0, 0.05) is 49.2 Å². The summed E-state index contributed by atoms with van der Waals surface area (Å²) in [7, 11) is 0. The largest absolute Gasteiger partial charge is 0.343 e. The van der Waals surface area contributed by atoms with Crippen LogP contribution in [0.25, 0.3) is 0 Å². The number of aryl methyl sites for hydroxylation is 2. The molecule has 1 aliphatic rings. The van der Waals surface area contributed by atoms with Crippen molar-refractivity contribution in [1.82, 2.24) is 19.9 Å². The molecule has 0 saturated carbocycles. The van der Waals surface area contributed by atoms with Gasteiger partial charge < -0.3 is 10.2 Å². The summed E-state index contributed by atoms with van der Waals surface area (Å²) < 4.78 is 0. The summed E-state index contributed by atoms with van der Waals surface area (Å²) in [5.41, 5.74) is 2.91. The highest BCUT2D eigenvalue weighted by Gasteiger charge is 2.26. The molecule has 0 bridgehead atoms. The first-order chi connectivity index (χ1) is 16.1. The number of pyridine rings is 1. The zero-order valence-electron chi connectivity index (χ0n) is 18.9. The van der Waals surface area contributed by atoms with Crippen molar-refractivity contribution in [2.45, 2.75) is 44.9 Å². The maximum absolute atomic E-state index is 12.6. The first-order valence-corrected chi connectivity index (χ1v) is 11.5. The van der Waals surface area contributed by atoms with Gasteiger partial charge in [0.2, 0.25) is 5.91 Å². The molecule has 3 aromatic rings. The number of piperidine rings is 1. The Morgan fingerprint density at radius 1 is 1.03 bits per heavy atom. The van der Waals surface area contributed by atoms with Gasteiger partial charge in [-0.05, 0) is 56.9 Å². The van der Waals surface area contributed by atoms with Crippen LogP contribution >= 0.6 is 0 Å². The summed E-state index contributed by atoms with van der Waals surface area (Å²) in [4.78, 5) is 40.6. The normalized spacial score (nSPS) is 14.2. The van der Waals surface area contributed by atoms with Gasteiger partial charge in [-0.1, -0.05) is 24.3 Å². The first kappa shape index (κ1) is 22.6. The maximum atomic E-state index is 12.6. The van der Waals surface area contributed by atoms with Crippen LogP contribution in [0.15, 0.2) is 60.9 Å². The molecule has 170 valence electrons. The molecule has 0 atom stereocenters. The maximum Gasteiger partial charge on any atom is 0.259 e. The predicted octanol–water partition coefficient (Wildman–Crippen LogP) is 4.16. The number of nitrogens with one attached hydrogen (secondary N) is 1. The standard InChI is InChI=1S/C26H29N5O2/c1-19-23(26(33)30-22-9-3-2-4-10-22)18-28-25(29-19)20-13-16-31(17-14-20)24(32)12-7-11-21-8-5-6-15-27-21/h2-6,8-10,15,18,20H,7,11-14,16-17H2,1H3,(H,30,33). The lowest BCUT2D eigenvalue weighted by molar-refractivity contribution is -0.132. The third kappa shape index (κ3) is 6.00. The molecule has 0 aliphatic carbocycles. The van der Waals surface area contributed by atoms with Crippen molar-refractivity contribution in [3.05, 3.63) is 83.7 Å². The molecule has 7 nitrogen and oxygen atoms in total. The lowest BCUT2D eigenvalue weighted by Gasteiger charge is -2.31. The Morgan fingerprint density at radius 3 is 2.48 bits per heavy atom. The fourth-order valence-corrected chi connectivity index (χ4v) is 4.14. The zero-order chi connectivity index (χ0) is 23.0. The van der Waals surface area contributed by atoms with Gasteiger partial charge >= 0.3 is 0 Å². The molecular formula is C26H29N5O2. The molecule has 0 radical (unpaired) electrons. The molecule has 1 saturated heterocycles.